The molecule has 2 aromatic carbocycles. The molecule has 3 rings (SSSR count). The maximum atomic E-state index is 9.73. The number of aromatic hydroxyl groups is 1. The van der Waals surface area contributed by atoms with Crippen LogP contribution in [0.2, 0.25) is 0 Å². The molecule has 0 atom stereocenters. The number of rotatable bonds is 3. The Hall–Kier alpha value is -2.40. The second-order valence-corrected chi connectivity index (χ2v) is 5.99. The molecule has 1 N–H and O–H groups in total. The van der Waals surface area contributed by atoms with Crippen molar-refractivity contribution in [1.29, 1.82) is 0 Å². The Morgan fingerprint density at radius 1 is 0.913 bits per heavy atom. The Morgan fingerprint density at radius 2 is 1.52 bits per heavy atom. The molecule has 5 heteroatoms. The van der Waals surface area contributed by atoms with Crippen LogP contribution in [0.25, 0.3) is 22.5 Å². The van der Waals surface area contributed by atoms with E-state index in [1.165, 1.54) is 7.11 Å². The molecule has 0 aliphatic carbocycles. The summed E-state index contributed by atoms with van der Waals surface area (Å²) in [7, 11) is 1.53. The average molecular weight is 371 g/mol. The zero-order chi connectivity index (χ0) is 16.4. The first kappa shape index (κ1) is 15.5. The maximum absolute atomic E-state index is 9.73. The minimum atomic E-state index is 0.107. The van der Waals surface area contributed by atoms with Crippen molar-refractivity contribution in [2.75, 3.05) is 7.11 Å². The zero-order valence-corrected chi connectivity index (χ0v) is 14.3. The van der Waals surface area contributed by atoms with Crippen molar-refractivity contribution in [2.24, 2.45) is 0 Å². The standard InChI is InChI=1S/C18H15BrN2O2/c1-11-20-15(12-3-6-14(19)7-4-12)10-16(21-11)13-5-8-17(22)18(9-13)23-2/h3-10,22H,1-2H3. The van der Waals surface area contributed by atoms with E-state index in [4.69, 9.17) is 4.74 Å². The van der Waals surface area contributed by atoms with Crippen LogP contribution in [0.15, 0.2) is 53.0 Å². The van der Waals surface area contributed by atoms with Gasteiger partial charge in [0.05, 0.1) is 18.5 Å². The highest BCUT2D eigenvalue weighted by Crippen LogP contribution is 2.32. The summed E-state index contributed by atoms with van der Waals surface area (Å²) in [4.78, 5) is 9.01. The third kappa shape index (κ3) is 3.35. The molecule has 3 aromatic rings. The summed E-state index contributed by atoms with van der Waals surface area (Å²) in [6, 6.07) is 15.1. The molecule has 1 heterocycles. The van der Waals surface area contributed by atoms with Gasteiger partial charge in [-0.2, -0.15) is 0 Å². The highest BCUT2D eigenvalue weighted by atomic mass is 79.9. The van der Waals surface area contributed by atoms with E-state index < -0.39 is 0 Å². The summed E-state index contributed by atoms with van der Waals surface area (Å²) >= 11 is 3.44. The van der Waals surface area contributed by atoms with E-state index in [1.807, 2.05) is 43.3 Å². The van der Waals surface area contributed by atoms with Crippen LogP contribution < -0.4 is 4.74 Å². The molecular formula is C18H15BrN2O2. The number of hydrogen-bond donors (Lipinski definition) is 1. The van der Waals surface area contributed by atoms with Gasteiger partial charge in [-0.1, -0.05) is 28.1 Å². The maximum Gasteiger partial charge on any atom is 0.161 e. The molecule has 0 radical (unpaired) electrons. The van der Waals surface area contributed by atoms with Gasteiger partial charge in [-0.15, -0.1) is 0 Å². The van der Waals surface area contributed by atoms with Crippen LogP contribution in [-0.4, -0.2) is 22.2 Å². The molecule has 0 bridgehead atoms. The van der Waals surface area contributed by atoms with Crippen LogP contribution in [0.3, 0.4) is 0 Å². The highest BCUT2D eigenvalue weighted by Gasteiger charge is 2.09. The largest absolute Gasteiger partial charge is 0.504 e. The fourth-order valence-corrected chi connectivity index (χ4v) is 2.59. The summed E-state index contributed by atoms with van der Waals surface area (Å²) in [5.41, 5.74) is 3.52. The zero-order valence-electron chi connectivity index (χ0n) is 12.7. The van der Waals surface area contributed by atoms with Crippen molar-refractivity contribution in [3.63, 3.8) is 0 Å². The second kappa shape index (κ2) is 6.38. The Morgan fingerprint density at radius 3 is 2.17 bits per heavy atom. The van der Waals surface area contributed by atoms with E-state index in [0.29, 0.717) is 11.6 Å². The smallest absolute Gasteiger partial charge is 0.161 e. The van der Waals surface area contributed by atoms with Gasteiger partial charge in [-0.05, 0) is 43.3 Å². The summed E-state index contributed by atoms with van der Waals surface area (Å²) in [6.45, 7) is 1.86. The van der Waals surface area contributed by atoms with Gasteiger partial charge in [-0.25, -0.2) is 9.97 Å². The highest BCUT2D eigenvalue weighted by molar-refractivity contribution is 9.10. The first-order valence-electron chi connectivity index (χ1n) is 7.06. The fourth-order valence-electron chi connectivity index (χ4n) is 2.32. The Labute approximate surface area is 142 Å². The Kier molecular flexibility index (Phi) is 4.30. The molecule has 0 fully saturated rings. The molecule has 116 valence electrons. The molecule has 0 spiro atoms. The van der Waals surface area contributed by atoms with Crippen LogP contribution in [-0.2, 0) is 0 Å². The van der Waals surface area contributed by atoms with Gasteiger partial charge >= 0.3 is 0 Å². The van der Waals surface area contributed by atoms with E-state index in [1.54, 1.807) is 12.1 Å². The van der Waals surface area contributed by atoms with Crippen molar-refractivity contribution in [2.45, 2.75) is 6.92 Å². The van der Waals surface area contributed by atoms with Gasteiger partial charge < -0.3 is 9.84 Å². The summed E-state index contributed by atoms with van der Waals surface area (Å²) in [6.07, 6.45) is 0. The van der Waals surface area contributed by atoms with Crippen molar-refractivity contribution in [3.05, 3.63) is 58.8 Å². The van der Waals surface area contributed by atoms with Crippen molar-refractivity contribution in [3.8, 4) is 34.0 Å². The van der Waals surface area contributed by atoms with Crippen LogP contribution in [0.1, 0.15) is 5.82 Å². The van der Waals surface area contributed by atoms with E-state index >= 15 is 0 Å². The molecule has 0 unspecified atom stereocenters. The number of nitrogens with zero attached hydrogens (tertiary/aromatic N) is 2. The lowest BCUT2D eigenvalue weighted by molar-refractivity contribution is 0.373. The lowest BCUT2D eigenvalue weighted by Gasteiger charge is -2.09. The van der Waals surface area contributed by atoms with Gasteiger partial charge in [0, 0.05) is 15.6 Å². The van der Waals surface area contributed by atoms with E-state index in [2.05, 4.69) is 25.9 Å². The SMILES string of the molecule is COc1cc(-c2cc(-c3ccc(Br)cc3)nc(C)n2)ccc1O. The molecule has 23 heavy (non-hydrogen) atoms. The second-order valence-electron chi connectivity index (χ2n) is 5.08. The first-order valence-corrected chi connectivity index (χ1v) is 7.85. The molecule has 0 saturated carbocycles. The molecule has 1 aromatic heterocycles. The predicted octanol–water partition coefficient (Wildman–Crippen LogP) is 4.60. The van der Waals surface area contributed by atoms with E-state index in [0.717, 1.165) is 27.0 Å². The molecule has 0 aliphatic heterocycles. The average Bonchev–Trinajstić information content (AvgIpc) is 2.55. The van der Waals surface area contributed by atoms with Crippen molar-refractivity contribution in [1.82, 2.24) is 9.97 Å². The van der Waals surface area contributed by atoms with Crippen molar-refractivity contribution < 1.29 is 9.84 Å². The lowest BCUT2D eigenvalue weighted by atomic mass is 10.1. The molecule has 4 nitrogen and oxygen atoms in total. The molecule has 0 amide bonds. The number of halogens is 1. The number of benzene rings is 2. The van der Waals surface area contributed by atoms with Crippen LogP contribution in [0.5, 0.6) is 11.5 Å². The monoisotopic (exact) mass is 370 g/mol. The Bertz CT molecular complexity index is 848. The number of ether oxygens (including phenoxy) is 1. The van der Waals surface area contributed by atoms with Gasteiger partial charge in [-0.3, -0.25) is 0 Å². The van der Waals surface area contributed by atoms with Crippen LogP contribution in [0, 0.1) is 6.92 Å². The molecule has 0 aliphatic rings. The van der Waals surface area contributed by atoms with Crippen molar-refractivity contribution >= 4 is 15.9 Å². The van der Waals surface area contributed by atoms with E-state index in [9.17, 15) is 5.11 Å². The van der Waals surface area contributed by atoms with Gasteiger partial charge in [0.25, 0.3) is 0 Å². The quantitative estimate of drug-likeness (QED) is 0.731. The first-order chi connectivity index (χ1) is 11.1. The Balaban J connectivity index is 2.09. The van der Waals surface area contributed by atoms with Crippen LogP contribution in [0.4, 0.5) is 0 Å². The summed E-state index contributed by atoms with van der Waals surface area (Å²) in [5, 5.41) is 9.73. The minimum Gasteiger partial charge on any atom is -0.504 e. The van der Waals surface area contributed by atoms with Gasteiger partial charge in [0.1, 0.15) is 5.82 Å². The number of methoxy groups -OCH3 is 1. The third-order valence-corrected chi connectivity index (χ3v) is 3.98. The molecular weight excluding hydrogens is 356 g/mol. The number of phenolic OH excluding ortho intramolecular Hbond substituents is 1. The summed E-state index contributed by atoms with van der Waals surface area (Å²) in [5.74, 6) is 1.21. The van der Waals surface area contributed by atoms with E-state index in [-0.39, 0.29) is 5.75 Å². The normalized spacial score (nSPS) is 10.6. The minimum absolute atomic E-state index is 0.107. The number of phenols is 1. The van der Waals surface area contributed by atoms with Gasteiger partial charge in [0.15, 0.2) is 11.5 Å². The van der Waals surface area contributed by atoms with Gasteiger partial charge in [0.2, 0.25) is 0 Å². The number of aromatic nitrogens is 2. The summed E-state index contributed by atoms with van der Waals surface area (Å²) < 4.78 is 6.19. The number of aryl methyl sites for hydroxylation is 1. The molecule has 0 saturated heterocycles. The number of hydrogen-bond acceptors (Lipinski definition) is 4. The van der Waals surface area contributed by atoms with Crippen LogP contribution >= 0.6 is 15.9 Å². The third-order valence-electron chi connectivity index (χ3n) is 3.45. The predicted molar refractivity (Wildman–Crippen MR) is 93.6 cm³/mol. The topological polar surface area (TPSA) is 55.2 Å². The lowest BCUT2D eigenvalue weighted by Crippen LogP contribution is -1.95. The fraction of sp³-hybridized carbons (Fsp3) is 0.111.